The van der Waals surface area contributed by atoms with Gasteiger partial charge in [0.05, 0.1) is 12.4 Å². The number of carbonyl (C=O) groups is 3. The third-order valence-electron chi connectivity index (χ3n) is 4.72. The Bertz CT molecular complexity index is 807. The van der Waals surface area contributed by atoms with Gasteiger partial charge in [-0.15, -0.1) is 0 Å². The molecule has 1 aromatic carbocycles. The average molecular weight is 383 g/mol. The highest BCUT2D eigenvalue weighted by Crippen LogP contribution is 2.08. The number of aromatic amines is 1. The molecule has 2 heterocycles. The molecule has 1 fully saturated rings. The van der Waals surface area contributed by atoms with Crippen LogP contribution in [0.15, 0.2) is 42.9 Å². The molecule has 1 aliphatic heterocycles. The van der Waals surface area contributed by atoms with E-state index in [9.17, 15) is 14.4 Å². The highest BCUT2D eigenvalue weighted by molar-refractivity contribution is 6.02. The molecule has 3 rings (SSSR count). The molecule has 3 atom stereocenters. The molecule has 0 aliphatic carbocycles. The fourth-order valence-electron chi connectivity index (χ4n) is 3.32. The van der Waals surface area contributed by atoms with Gasteiger partial charge in [-0.2, -0.15) is 0 Å². The zero-order valence-corrected chi connectivity index (χ0v) is 15.8. The Morgan fingerprint density at radius 2 is 2.04 bits per heavy atom. The fourth-order valence-corrected chi connectivity index (χ4v) is 3.32. The molecule has 1 unspecified atom stereocenters. The van der Waals surface area contributed by atoms with Gasteiger partial charge in [-0.05, 0) is 25.3 Å². The Kier molecular flexibility index (Phi) is 6.54. The third-order valence-corrected chi connectivity index (χ3v) is 4.72. The number of nitrogens with one attached hydrogen (secondary N) is 4. The second-order valence-electron chi connectivity index (χ2n) is 7.10. The first-order valence-electron chi connectivity index (χ1n) is 9.42. The minimum absolute atomic E-state index is 0.0161. The molecule has 1 aliphatic rings. The normalized spacial score (nSPS) is 18.3. The molecule has 28 heavy (non-hydrogen) atoms. The Morgan fingerprint density at radius 1 is 1.25 bits per heavy atom. The fraction of sp³-hybridized carbons (Fsp3) is 0.400. The van der Waals surface area contributed by atoms with Crippen LogP contribution in [0.3, 0.4) is 0 Å². The Morgan fingerprint density at radius 3 is 2.68 bits per heavy atom. The first-order valence-corrected chi connectivity index (χ1v) is 9.42. The molecular formula is C20H25N5O3. The number of benzene rings is 1. The van der Waals surface area contributed by atoms with E-state index in [4.69, 9.17) is 0 Å². The number of imidazole rings is 1. The maximum atomic E-state index is 12.8. The summed E-state index contributed by atoms with van der Waals surface area (Å²) in [7, 11) is 0. The van der Waals surface area contributed by atoms with Gasteiger partial charge in [0, 0.05) is 30.8 Å². The summed E-state index contributed by atoms with van der Waals surface area (Å²) in [6.07, 6.45) is 5.03. The van der Waals surface area contributed by atoms with E-state index in [1.807, 2.05) is 37.3 Å². The number of hydrogen-bond acceptors (Lipinski definition) is 5. The van der Waals surface area contributed by atoms with E-state index in [0.29, 0.717) is 19.3 Å². The highest BCUT2D eigenvalue weighted by atomic mass is 16.2. The van der Waals surface area contributed by atoms with Gasteiger partial charge >= 0.3 is 0 Å². The van der Waals surface area contributed by atoms with Gasteiger partial charge in [-0.1, -0.05) is 30.3 Å². The largest absolute Gasteiger partial charge is 0.348 e. The molecule has 2 aromatic rings. The molecule has 0 bridgehead atoms. The van der Waals surface area contributed by atoms with E-state index in [0.717, 1.165) is 17.7 Å². The summed E-state index contributed by atoms with van der Waals surface area (Å²) < 4.78 is 0. The average Bonchev–Trinajstić information content (AvgIpc) is 3.33. The zero-order valence-electron chi connectivity index (χ0n) is 15.8. The maximum absolute atomic E-state index is 12.8. The SMILES string of the molecule is CC(Cc1ccccc1)N[C@@H](Cc1cnc[nH]1)C(=O)NC(=O)[C@@H]1CCC(=O)N1. The summed E-state index contributed by atoms with van der Waals surface area (Å²) in [6, 6.07) is 8.75. The van der Waals surface area contributed by atoms with Crippen molar-refractivity contribution >= 4 is 17.7 Å². The minimum atomic E-state index is -0.647. The lowest BCUT2D eigenvalue weighted by atomic mass is 10.0. The quantitative estimate of drug-likeness (QED) is 0.529. The van der Waals surface area contributed by atoms with Crippen molar-refractivity contribution in [3.05, 3.63) is 54.1 Å². The summed E-state index contributed by atoms with van der Waals surface area (Å²) >= 11 is 0. The van der Waals surface area contributed by atoms with Gasteiger partial charge in [0.1, 0.15) is 6.04 Å². The van der Waals surface area contributed by atoms with Gasteiger partial charge in [0.2, 0.25) is 17.7 Å². The van der Waals surface area contributed by atoms with Crippen LogP contribution in [0.5, 0.6) is 0 Å². The van der Waals surface area contributed by atoms with E-state index < -0.39 is 23.9 Å². The van der Waals surface area contributed by atoms with Crippen molar-refractivity contribution in [1.82, 2.24) is 25.9 Å². The standard InChI is InChI=1S/C20H25N5O3/c1-13(9-14-5-3-2-4-6-14)23-17(10-15-11-21-12-22-15)20(28)25-19(27)16-7-8-18(26)24-16/h2-6,11-13,16-17,23H,7-10H2,1H3,(H,21,22)(H,24,26)(H,25,27,28)/t13?,16-,17-/m0/s1. The molecule has 1 saturated heterocycles. The number of hydrogen-bond donors (Lipinski definition) is 4. The Balaban J connectivity index is 1.62. The molecule has 8 heteroatoms. The van der Waals surface area contributed by atoms with E-state index in [-0.39, 0.29) is 11.9 Å². The van der Waals surface area contributed by atoms with Crippen LogP contribution in [0.2, 0.25) is 0 Å². The first kappa shape index (κ1) is 19.8. The molecule has 1 aromatic heterocycles. The van der Waals surface area contributed by atoms with Crippen molar-refractivity contribution in [3.63, 3.8) is 0 Å². The van der Waals surface area contributed by atoms with Crippen molar-refractivity contribution < 1.29 is 14.4 Å². The van der Waals surface area contributed by atoms with Crippen molar-refractivity contribution in [2.24, 2.45) is 0 Å². The lowest BCUT2D eigenvalue weighted by molar-refractivity contribution is -0.133. The van der Waals surface area contributed by atoms with Crippen LogP contribution in [0, 0.1) is 0 Å². The van der Waals surface area contributed by atoms with Crippen molar-refractivity contribution in [2.45, 2.75) is 50.7 Å². The summed E-state index contributed by atoms with van der Waals surface area (Å²) in [5.74, 6) is -1.06. The lowest BCUT2D eigenvalue weighted by Gasteiger charge is -2.23. The number of carbonyl (C=O) groups excluding carboxylic acids is 3. The van der Waals surface area contributed by atoms with Crippen LogP contribution < -0.4 is 16.0 Å². The molecule has 3 amide bonds. The highest BCUT2D eigenvalue weighted by Gasteiger charge is 2.30. The Hall–Kier alpha value is -3.00. The van der Waals surface area contributed by atoms with Crippen LogP contribution in [0.25, 0.3) is 0 Å². The van der Waals surface area contributed by atoms with Crippen LogP contribution in [-0.4, -0.2) is 45.8 Å². The Labute approximate surface area is 163 Å². The topological polar surface area (TPSA) is 116 Å². The van der Waals surface area contributed by atoms with E-state index in [2.05, 4.69) is 25.9 Å². The van der Waals surface area contributed by atoms with Gasteiger partial charge in [-0.3, -0.25) is 19.7 Å². The van der Waals surface area contributed by atoms with E-state index >= 15 is 0 Å². The van der Waals surface area contributed by atoms with Crippen molar-refractivity contribution in [1.29, 1.82) is 0 Å². The van der Waals surface area contributed by atoms with Gasteiger partial charge in [0.25, 0.3) is 0 Å². The van der Waals surface area contributed by atoms with E-state index in [1.165, 1.54) is 0 Å². The zero-order chi connectivity index (χ0) is 19.9. The first-order chi connectivity index (χ1) is 13.5. The second kappa shape index (κ2) is 9.27. The number of H-pyrrole nitrogens is 1. The van der Waals surface area contributed by atoms with Crippen molar-refractivity contribution in [3.8, 4) is 0 Å². The molecule has 148 valence electrons. The number of amides is 3. The second-order valence-corrected chi connectivity index (χ2v) is 7.10. The number of nitrogens with zero attached hydrogens (tertiary/aromatic N) is 1. The van der Waals surface area contributed by atoms with Gasteiger partial charge in [-0.25, -0.2) is 4.98 Å². The summed E-state index contributed by atoms with van der Waals surface area (Å²) in [6.45, 7) is 2.00. The summed E-state index contributed by atoms with van der Waals surface area (Å²) in [5, 5.41) is 8.32. The lowest BCUT2D eigenvalue weighted by Crippen LogP contribution is -2.53. The molecule has 8 nitrogen and oxygen atoms in total. The number of aromatic nitrogens is 2. The monoisotopic (exact) mass is 383 g/mol. The number of imide groups is 1. The predicted octanol–water partition coefficient (Wildman–Crippen LogP) is 0.463. The van der Waals surface area contributed by atoms with E-state index in [1.54, 1.807) is 12.5 Å². The van der Waals surface area contributed by atoms with Gasteiger partial charge in [0.15, 0.2) is 0 Å². The smallest absolute Gasteiger partial charge is 0.249 e. The minimum Gasteiger partial charge on any atom is -0.348 e. The van der Waals surface area contributed by atoms with Crippen molar-refractivity contribution in [2.75, 3.05) is 0 Å². The molecule has 0 radical (unpaired) electrons. The molecule has 0 saturated carbocycles. The summed E-state index contributed by atoms with van der Waals surface area (Å²) in [4.78, 5) is 43.3. The van der Waals surface area contributed by atoms with Crippen LogP contribution in [0.1, 0.15) is 31.0 Å². The van der Waals surface area contributed by atoms with Crippen LogP contribution in [0.4, 0.5) is 0 Å². The molecule has 4 N–H and O–H groups in total. The number of rotatable bonds is 8. The molecular weight excluding hydrogens is 358 g/mol. The maximum Gasteiger partial charge on any atom is 0.249 e. The van der Waals surface area contributed by atoms with Crippen LogP contribution in [-0.2, 0) is 27.2 Å². The summed E-state index contributed by atoms with van der Waals surface area (Å²) in [5.41, 5.74) is 1.95. The van der Waals surface area contributed by atoms with Gasteiger partial charge < -0.3 is 15.6 Å². The predicted molar refractivity (Wildman–Crippen MR) is 103 cm³/mol. The van der Waals surface area contributed by atoms with Crippen LogP contribution >= 0.6 is 0 Å². The molecule has 0 spiro atoms. The third kappa shape index (κ3) is 5.50.